The van der Waals surface area contributed by atoms with Gasteiger partial charge in [0.2, 0.25) is 0 Å². The third kappa shape index (κ3) is 2.91. The first kappa shape index (κ1) is 13.1. The Balaban J connectivity index is 2.03. The minimum atomic E-state index is -0.374. The van der Waals surface area contributed by atoms with Crippen molar-refractivity contribution in [1.82, 2.24) is 4.90 Å². The fourth-order valence-corrected chi connectivity index (χ4v) is 2.33. The molecule has 0 aliphatic carbocycles. The van der Waals surface area contributed by atoms with Gasteiger partial charge < -0.3 is 14.3 Å². The quantitative estimate of drug-likeness (QED) is 0.823. The van der Waals surface area contributed by atoms with E-state index in [4.69, 9.17) is 4.42 Å². The Labute approximate surface area is 106 Å². The summed E-state index contributed by atoms with van der Waals surface area (Å²) in [5.74, 6) is 0.942. The number of rotatable bonds is 3. The number of hydrogen-bond donors (Lipinski definition) is 1. The van der Waals surface area contributed by atoms with Gasteiger partial charge in [-0.2, -0.15) is 0 Å². The molecule has 0 amide bonds. The molecule has 0 spiro atoms. The monoisotopic (exact) mass is 253 g/mol. The molecule has 1 aliphatic heterocycles. The number of β-amino-alcohol motifs (C(OH)–C–C–N with tert-alkyl or cyclic N) is 1. The molecule has 1 atom stereocenters. The third-order valence-electron chi connectivity index (χ3n) is 3.23. The van der Waals surface area contributed by atoms with E-state index in [-0.39, 0.29) is 12.1 Å². The number of aryl methyl sites for hydroxylation is 1. The zero-order valence-corrected chi connectivity index (χ0v) is 10.8. The maximum Gasteiger partial charge on any atom is 0.341 e. The van der Waals surface area contributed by atoms with Gasteiger partial charge >= 0.3 is 5.97 Å². The second kappa shape index (κ2) is 5.54. The van der Waals surface area contributed by atoms with Crippen LogP contribution in [0.5, 0.6) is 0 Å². The number of piperidine rings is 1. The van der Waals surface area contributed by atoms with Crippen LogP contribution in [0.1, 0.15) is 34.7 Å². The SMILES string of the molecule is COC(=O)c1cc(CN2CCCC(O)C2)oc1C. The zero-order chi connectivity index (χ0) is 13.1. The van der Waals surface area contributed by atoms with Crippen LogP contribution in [0.4, 0.5) is 0 Å². The molecule has 0 bridgehead atoms. The maximum atomic E-state index is 11.5. The number of aliphatic hydroxyl groups is 1. The minimum Gasteiger partial charge on any atom is -0.465 e. The van der Waals surface area contributed by atoms with E-state index >= 15 is 0 Å². The number of likely N-dealkylation sites (tertiary alicyclic amines) is 1. The third-order valence-corrected chi connectivity index (χ3v) is 3.23. The molecule has 1 fully saturated rings. The van der Waals surface area contributed by atoms with Gasteiger partial charge in [-0.1, -0.05) is 0 Å². The summed E-state index contributed by atoms with van der Waals surface area (Å²) in [6, 6.07) is 1.72. The highest BCUT2D eigenvalue weighted by molar-refractivity contribution is 5.90. The molecule has 1 aromatic rings. The molecule has 5 nitrogen and oxygen atoms in total. The van der Waals surface area contributed by atoms with Crippen molar-refractivity contribution in [3.63, 3.8) is 0 Å². The summed E-state index contributed by atoms with van der Waals surface area (Å²) >= 11 is 0. The molecule has 18 heavy (non-hydrogen) atoms. The number of nitrogens with zero attached hydrogens (tertiary/aromatic N) is 1. The van der Waals surface area contributed by atoms with Gasteiger partial charge in [0, 0.05) is 6.54 Å². The van der Waals surface area contributed by atoms with Crippen molar-refractivity contribution in [1.29, 1.82) is 0 Å². The van der Waals surface area contributed by atoms with Crippen LogP contribution < -0.4 is 0 Å². The number of esters is 1. The van der Waals surface area contributed by atoms with Crippen molar-refractivity contribution in [2.45, 2.75) is 32.4 Å². The van der Waals surface area contributed by atoms with Gasteiger partial charge in [0.05, 0.1) is 19.8 Å². The highest BCUT2D eigenvalue weighted by Gasteiger charge is 2.21. The smallest absolute Gasteiger partial charge is 0.341 e. The second-order valence-electron chi connectivity index (χ2n) is 4.71. The summed E-state index contributed by atoms with van der Waals surface area (Å²) in [4.78, 5) is 13.6. The number of carbonyl (C=O) groups excluding carboxylic acids is 1. The standard InChI is InChI=1S/C13H19NO4/c1-9-12(13(16)17-2)6-11(18-9)8-14-5-3-4-10(15)7-14/h6,10,15H,3-5,7-8H2,1-2H3. The van der Waals surface area contributed by atoms with Crippen LogP contribution in [0, 0.1) is 6.92 Å². The summed E-state index contributed by atoms with van der Waals surface area (Å²) in [6.07, 6.45) is 1.60. The number of ether oxygens (including phenoxy) is 1. The van der Waals surface area contributed by atoms with Crippen molar-refractivity contribution < 1.29 is 19.1 Å². The first-order chi connectivity index (χ1) is 8.60. The fourth-order valence-electron chi connectivity index (χ4n) is 2.33. The van der Waals surface area contributed by atoms with Crippen molar-refractivity contribution in [2.24, 2.45) is 0 Å². The van der Waals surface area contributed by atoms with E-state index in [0.29, 0.717) is 24.4 Å². The molecule has 0 aromatic carbocycles. The Morgan fingerprint density at radius 3 is 3.11 bits per heavy atom. The Morgan fingerprint density at radius 1 is 1.67 bits per heavy atom. The Kier molecular flexibility index (Phi) is 4.04. The van der Waals surface area contributed by atoms with E-state index < -0.39 is 0 Å². The van der Waals surface area contributed by atoms with Gasteiger partial charge in [-0.05, 0) is 32.4 Å². The van der Waals surface area contributed by atoms with Crippen molar-refractivity contribution in [3.8, 4) is 0 Å². The first-order valence-corrected chi connectivity index (χ1v) is 6.18. The van der Waals surface area contributed by atoms with Crippen LogP contribution in [-0.4, -0.2) is 42.3 Å². The normalized spacial score (nSPS) is 20.9. The number of carbonyl (C=O) groups is 1. The molecular formula is C13H19NO4. The molecule has 5 heteroatoms. The second-order valence-corrected chi connectivity index (χ2v) is 4.71. The lowest BCUT2D eigenvalue weighted by molar-refractivity contribution is 0.0598. The van der Waals surface area contributed by atoms with Crippen LogP contribution in [0.2, 0.25) is 0 Å². The van der Waals surface area contributed by atoms with Crippen molar-refractivity contribution >= 4 is 5.97 Å². The number of aliphatic hydroxyl groups excluding tert-OH is 1. The van der Waals surface area contributed by atoms with Crippen molar-refractivity contribution in [2.75, 3.05) is 20.2 Å². The number of methoxy groups -OCH3 is 1. The van der Waals surface area contributed by atoms with Crippen LogP contribution in [0.15, 0.2) is 10.5 Å². The molecule has 0 saturated carbocycles. The molecular weight excluding hydrogens is 234 g/mol. The molecule has 1 saturated heterocycles. The van der Waals surface area contributed by atoms with Gasteiger partial charge in [-0.25, -0.2) is 4.79 Å². The van der Waals surface area contributed by atoms with Gasteiger partial charge in [0.15, 0.2) is 0 Å². The summed E-state index contributed by atoms with van der Waals surface area (Å²) in [5, 5.41) is 9.60. The topological polar surface area (TPSA) is 62.9 Å². The summed E-state index contributed by atoms with van der Waals surface area (Å²) in [5.41, 5.74) is 0.477. The Bertz CT molecular complexity index is 427. The molecule has 2 heterocycles. The van der Waals surface area contributed by atoms with Crippen molar-refractivity contribution in [3.05, 3.63) is 23.2 Å². The number of hydrogen-bond acceptors (Lipinski definition) is 5. The van der Waals surface area contributed by atoms with E-state index in [9.17, 15) is 9.90 Å². The first-order valence-electron chi connectivity index (χ1n) is 6.18. The van der Waals surface area contributed by atoms with Gasteiger partial charge in [0.25, 0.3) is 0 Å². The molecule has 1 unspecified atom stereocenters. The summed E-state index contributed by atoms with van der Waals surface area (Å²) in [7, 11) is 1.36. The summed E-state index contributed by atoms with van der Waals surface area (Å²) in [6.45, 7) is 3.98. The number of furan rings is 1. The average molecular weight is 253 g/mol. The molecule has 1 N–H and O–H groups in total. The van der Waals surface area contributed by atoms with E-state index in [2.05, 4.69) is 9.64 Å². The van der Waals surface area contributed by atoms with E-state index in [1.165, 1.54) is 7.11 Å². The van der Waals surface area contributed by atoms with E-state index in [1.54, 1.807) is 13.0 Å². The van der Waals surface area contributed by atoms with Crippen LogP contribution in [0.3, 0.4) is 0 Å². The van der Waals surface area contributed by atoms with E-state index in [1.807, 2.05) is 0 Å². The van der Waals surface area contributed by atoms with Crippen LogP contribution in [0.25, 0.3) is 0 Å². The molecule has 1 aliphatic rings. The Morgan fingerprint density at radius 2 is 2.44 bits per heavy atom. The average Bonchev–Trinajstić information content (AvgIpc) is 2.69. The zero-order valence-electron chi connectivity index (χ0n) is 10.8. The highest BCUT2D eigenvalue weighted by Crippen LogP contribution is 2.19. The lowest BCUT2D eigenvalue weighted by Crippen LogP contribution is -2.37. The predicted octanol–water partition coefficient (Wildman–Crippen LogP) is 1.33. The Hall–Kier alpha value is -1.33. The lowest BCUT2D eigenvalue weighted by Gasteiger charge is -2.29. The predicted molar refractivity (Wildman–Crippen MR) is 65.3 cm³/mol. The van der Waals surface area contributed by atoms with Gasteiger partial charge in [0.1, 0.15) is 17.1 Å². The maximum absolute atomic E-state index is 11.5. The molecule has 2 rings (SSSR count). The lowest BCUT2D eigenvalue weighted by atomic mass is 10.1. The molecule has 0 radical (unpaired) electrons. The van der Waals surface area contributed by atoms with Gasteiger partial charge in [-0.15, -0.1) is 0 Å². The van der Waals surface area contributed by atoms with Crippen LogP contribution >= 0.6 is 0 Å². The highest BCUT2D eigenvalue weighted by atomic mass is 16.5. The largest absolute Gasteiger partial charge is 0.465 e. The van der Waals surface area contributed by atoms with E-state index in [0.717, 1.165) is 25.1 Å². The van der Waals surface area contributed by atoms with Crippen LogP contribution in [-0.2, 0) is 11.3 Å². The summed E-state index contributed by atoms with van der Waals surface area (Å²) < 4.78 is 10.2. The molecule has 100 valence electrons. The molecule has 1 aromatic heterocycles. The fraction of sp³-hybridized carbons (Fsp3) is 0.615. The minimum absolute atomic E-state index is 0.255. The van der Waals surface area contributed by atoms with Gasteiger partial charge in [-0.3, -0.25) is 4.90 Å².